The van der Waals surface area contributed by atoms with E-state index in [1.807, 2.05) is 24.1 Å². The molecule has 0 saturated carbocycles. The molecule has 0 aromatic carbocycles. The van der Waals surface area contributed by atoms with Crippen molar-refractivity contribution in [1.82, 2.24) is 9.88 Å². The first-order chi connectivity index (χ1) is 7.31. The van der Waals surface area contributed by atoms with E-state index in [1.165, 1.54) is 5.56 Å². The molecule has 0 N–H and O–H groups in total. The van der Waals surface area contributed by atoms with E-state index >= 15 is 0 Å². The topological polar surface area (TPSA) is 33.2 Å². The van der Waals surface area contributed by atoms with E-state index in [4.69, 9.17) is 0 Å². The molecule has 3 heteroatoms. The lowest BCUT2D eigenvalue weighted by Crippen LogP contribution is -2.27. The Morgan fingerprint density at radius 1 is 1.67 bits per heavy atom. The van der Waals surface area contributed by atoms with E-state index in [1.54, 1.807) is 6.20 Å². The third-order valence-electron chi connectivity index (χ3n) is 3.00. The number of likely N-dealkylation sites (tertiary alicyclic amines) is 1. The fourth-order valence-electron chi connectivity index (χ4n) is 2.10. The molecule has 1 amide bonds. The number of amides is 1. The summed E-state index contributed by atoms with van der Waals surface area (Å²) in [7, 11) is 0. The first kappa shape index (κ1) is 10.1. The standard InChI is InChI=1S/C12H16N2O/c1-2-12(15)14-7-5-11(9-14)10-4-3-6-13-8-10/h3-4,6,8,11H,2,5,7,9H2,1H3. The van der Waals surface area contributed by atoms with Crippen LogP contribution in [0.1, 0.15) is 31.2 Å². The van der Waals surface area contributed by atoms with E-state index in [-0.39, 0.29) is 5.91 Å². The lowest BCUT2D eigenvalue weighted by atomic mass is 10.0. The van der Waals surface area contributed by atoms with Crippen LogP contribution in [0.5, 0.6) is 0 Å². The second kappa shape index (κ2) is 4.43. The predicted molar refractivity (Wildman–Crippen MR) is 58.5 cm³/mol. The van der Waals surface area contributed by atoms with Crippen LogP contribution in [0.3, 0.4) is 0 Å². The average Bonchev–Trinajstić information content (AvgIpc) is 2.78. The van der Waals surface area contributed by atoms with Crippen LogP contribution < -0.4 is 0 Å². The van der Waals surface area contributed by atoms with Crippen molar-refractivity contribution in [1.29, 1.82) is 0 Å². The number of aromatic nitrogens is 1. The van der Waals surface area contributed by atoms with Gasteiger partial charge in [0.25, 0.3) is 0 Å². The molecular weight excluding hydrogens is 188 g/mol. The summed E-state index contributed by atoms with van der Waals surface area (Å²) in [6.45, 7) is 3.67. The molecule has 2 heterocycles. The summed E-state index contributed by atoms with van der Waals surface area (Å²) in [6, 6.07) is 4.05. The second-order valence-electron chi connectivity index (χ2n) is 3.97. The van der Waals surface area contributed by atoms with Crippen LogP contribution in [-0.4, -0.2) is 28.9 Å². The van der Waals surface area contributed by atoms with Gasteiger partial charge in [-0.15, -0.1) is 0 Å². The number of hydrogen-bond acceptors (Lipinski definition) is 2. The number of rotatable bonds is 2. The van der Waals surface area contributed by atoms with E-state index in [0.29, 0.717) is 12.3 Å². The van der Waals surface area contributed by atoms with Crippen LogP contribution in [0.4, 0.5) is 0 Å². The number of hydrogen-bond donors (Lipinski definition) is 0. The Hall–Kier alpha value is -1.38. The molecule has 1 saturated heterocycles. The Bertz CT molecular complexity index is 337. The molecule has 0 spiro atoms. The second-order valence-corrected chi connectivity index (χ2v) is 3.97. The van der Waals surface area contributed by atoms with Crippen molar-refractivity contribution in [3.63, 3.8) is 0 Å². The molecule has 0 radical (unpaired) electrons. The Morgan fingerprint density at radius 2 is 2.53 bits per heavy atom. The molecule has 80 valence electrons. The zero-order valence-electron chi connectivity index (χ0n) is 9.02. The molecule has 0 aliphatic carbocycles. The fraction of sp³-hybridized carbons (Fsp3) is 0.500. The van der Waals surface area contributed by atoms with E-state index in [9.17, 15) is 4.79 Å². The lowest BCUT2D eigenvalue weighted by Gasteiger charge is -2.15. The van der Waals surface area contributed by atoms with Gasteiger partial charge in [-0.25, -0.2) is 0 Å². The summed E-state index contributed by atoms with van der Waals surface area (Å²) >= 11 is 0. The van der Waals surface area contributed by atoms with Gasteiger partial charge in [-0.05, 0) is 18.1 Å². The van der Waals surface area contributed by atoms with Crippen LogP contribution >= 0.6 is 0 Å². The first-order valence-corrected chi connectivity index (χ1v) is 5.49. The summed E-state index contributed by atoms with van der Waals surface area (Å²) in [5, 5.41) is 0. The molecule has 15 heavy (non-hydrogen) atoms. The van der Waals surface area contributed by atoms with Gasteiger partial charge in [0.15, 0.2) is 0 Å². The van der Waals surface area contributed by atoms with Crippen molar-refractivity contribution in [3.05, 3.63) is 30.1 Å². The normalized spacial score (nSPS) is 20.6. The minimum atomic E-state index is 0.265. The molecule has 1 aromatic rings. The fourth-order valence-corrected chi connectivity index (χ4v) is 2.10. The number of carbonyl (C=O) groups excluding carboxylic acids is 1. The maximum atomic E-state index is 11.5. The molecule has 0 bridgehead atoms. The van der Waals surface area contributed by atoms with Crippen molar-refractivity contribution in [2.24, 2.45) is 0 Å². The molecule has 1 aromatic heterocycles. The monoisotopic (exact) mass is 204 g/mol. The van der Waals surface area contributed by atoms with Gasteiger partial charge in [0.05, 0.1) is 0 Å². The van der Waals surface area contributed by atoms with Crippen LogP contribution in [0.25, 0.3) is 0 Å². The largest absolute Gasteiger partial charge is 0.342 e. The molecule has 1 aliphatic rings. The predicted octanol–water partition coefficient (Wildman–Crippen LogP) is 1.81. The summed E-state index contributed by atoms with van der Waals surface area (Å²) in [5.41, 5.74) is 1.25. The van der Waals surface area contributed by atoms with E-state index < -0.39 is 0 Å². The maximum absolute atomic E-state index is 11.5. The zero-order valence-corrected chi connectivity index (χ0v) is 9.02. The minimum Gasteiger partial charge on any atom is -0.342 e. The van der Waals surface area contributed by atoms with Crippen molar-refractivity contribution >= 4 is 5.91 Å². The Labute approximate surface area is 90.1 Å². The molecule has 2 rings (SSSR count). The van der Waals surface area contributed by atoms with E-state index in [0.717, 1.165) is 19.5 Å². The summed E-state index contributed by atoms with van der Waals surface area (Å²) < 4.78 is 0. The first-order valence-electron chi connectivity index (χ1n) is 5.49. The average molecular weight is 204 g/mol. The Morgan fingerprint density at radius 3 is 3.20 bits per heavy atom. The van der Waals surface area contributed by atoms with Gasteiger partial charge in [-0.2, -0.15) is 0 Å². The van der Waals surface area contributed by atoms with Crippen LogP contribution in [0.15, 0.2) is 24.5 Å². The highest BCUT2D eigenvalue weighted by molar-refractivity contribution is 5.76. The van der Waals surface area contributed by atoms with Crippen LogP contribution in [0, 0.1) is 0 Å². The summed E-state index contributed by atoms with van der Waals surface area (Å²) in [5.74, 6) is 0.746. The van der Waals surface area contributed by atoms with E-state index in [2.05, 4.69) is 11.1 Å². The summed E-state index contributed by atoms with van der Waals surface area (Å²) in [6.07, 6.45) is 5.37. The van der Waals surface area contributed by atoms with Crippen molar-refractivity contribution in [2.45, 2.75) is 25.7 Å². The van der Waals surface area contributed by atoms with Gasteiger partial charge in [-0.1, -0.05) is 13.0 Å². The number of carbonyl (C=O) groups is 1. The van der Waals surface area contributed by atoms with Crippen LogP contribution in [-0.2, 0) is 4.79 Å². The van der Waals surface area contributed by atoms with Crippen molar-refractivity contribution in [3.8, 4) is 0 Å². The molecule has 1 atom stereocenters. The van der Waals surface area contributed by atoms with Crippen LogP contribution in [0.2, 0.25) is 0 Å². The highest BCUT2D eigenvalue weighted by Gasteiger charge is 2.26. The molecule has 1 aliphatic heterocycles. The highest BCUT2D eigenvalue weighted by atomic mass is 16.2. The smallest absolute Gasteiger partial charge is 0.222 e. The molecule has 3 nitrogen and oxygen atoms in total. The van der Waals surface area contributed by atoms with Gasteiger partial charge < -0.3 is 4.90 Å². The zero-order chi connectivity index (χ0) is 10.7. The Kier molecular flexibility index (Phi) is 2.99. The van der Waals surface area contributed by atoms with Gasteiger partial charge in [-0.3, -0.25) is 9.78 Å². The van der Waals surface area contributed by atoms with Gasteiger partial charge >= 0.3 is 0 Å². The number of nitrogens with zero attached hydrogens (tertiary/aromatic N) is 2. The maximum Gasteiger partial charge on any atom is 0.222 e. The number of pyridine rings is 1. The SMILES string of the molecule is CCC(=O)N1CCC(c2cccnc2)C1. The third-order valence-corrected chi connectivity index (χ3v) is 3.00. The van der Waals surface area contributed by atoms with Gasteiger partial charge in [0.2, 0.25) is 5.91 Å². The lowest BCUT2D eigenvalue weighted by molar-refractivity contribution is -0.129. The van der Waals surface area contributed by atoms with Gasteiger partial charge in [0.1, 0.15) is 0 Å². The van der Waals surface area contributed by atoms with Gasteiger partial charge in [0, 0.05) is 37.8 Å². The molecule has 1 fully saturated rings. The van der Waals surface area contributed by atoms with Crippen molar-refractivity contribution < 1.29 is 4.79 Å². The highest BCUT2D eigenvalue weighted by Crippen LogP contribution is 2.26. The summed E-state index contributed by atoms with van der Waals surface area (Å²) in [4.78, 5) is 17.6. The quantitative estimate of drug-likeness (QED) is 0.736. The molecular formula is C12H16N2O. The third kappa shape index (κ3) is 2.17. The molecule has 1 unspecified atom stereocenters. The van der Waals surface area contributed by atoms with Crippen molar-refractivity contribution in [2.75, 3.05) is 13.1 Å². The Balaban J connectivity index is 2.02. The minimum absolute atomic E-state index is 0.265.